The van der Waals surface area contributed by atoms with Crippen LogP contribution in [-0.2, 0) is 30.8 Å². The quantitative estimate of drug-likeness (QED) is 0.575. The van der Waals surface area contributed by atoms with Crippen LogP contribution in [0.5, 0.6) is 0 Å². The molecule has 1 aromatic heterocycles. The fourth-order valence-corrected chi connectivity index (χ4v) is 3.59. The summed E-state index contributed by atoms with van der Waals surface area (Å²) in [5, 5.41) is 2.69. The van der Waals surface area contributed by atoms with Gasteiger partial charge in [-0.1, -0.05) is 17.7 Å². The van der Waals surface area contributed by atoms with E-state index in [-0.39, 0.29) is 24.0 Å². The Morgan fingerprint density at radius 1 is 1.18 bits per heavy atom. The summed E-state index contributed by atoms with van der Waals surface area (Å²) in [5.74, 6) is 0.830. The van der Waals surface area contributed by atoms with E-state index in [9.17, 15) is 9.00 Å². The van der Waals surface area contributed by atoms with E-state index in [0.717, 1.165) is 11.1 Å². The number of benzene rings is 1. The van der Waals surface area contributed by atoms with E-state index >= 15 is 0 Å². The van der Waals surface area contributed by atoms with Crippen molar-refractivity contribution in [1.82, 2.24) is 10.3 Å². The molecule has 8 heteroatoms. The van der Waals surface area contributed by atoms with E-state index in [2.05, 4.69) is 10.3 Å². The van der Waals surface area contributed by atoms with Crippen molar-refractivity contribution in [2.45, 2.75) is 39.7 Å². The normalized spacial score (nSPS) is 12.3. The molecule has 0 aliphatic heterocycles. The fourth-order valence-electron chi connectivity index (χ4n) is 2.52. The third-order valence-electron chi connectivity index (χ3n) is 3.95. The second-order valence-electron chi connectivity index (χ2n) is 6.26. The van der Waals surface area contributed by atoms with Gasteiger partial charge in [0.2, 0.25) is 11.8 Å². The summed E-state index contributed by atoms with van der Waals surface area (Å²) in [6, 6.07) is 7.83. The lowest BCUT2D eigenvalue weighted by atomic mass is 10.1. The number of hydrogen-bond donors (Lipinski definition) is 1. The average molecular weight is 409 g/mol. The van der Waals surface area contributed by atoms with Crippen molar-refractivity contribution in [3.05, 3.63) is 41.3 Å². The summed E-state index contributed by atoms with van der Waals surface area (Å²) in [5.41, 5.74) is 2.61. The van der Waals surface area contributed by atoms with Gasteiger partial charge in [0.15, 0.2) is 6.29 Å². The monoisotopic (exact) mass is 408 g/mol. The van der Waals surface area contributed by atoms with Gasteiger partial charge in [-0.05, 0) is 39.8 Å². The van der Waals surface area contributed by atoms with Gasteiger partial charge in [0.25, 0.3) is 0 Å². The number of carbonyl (C=O) groups excluding carboxylic acids is 1. The number of carbonyl (C=O) groups is 1. The maximum absolute atomic E-state index is 12.4. The molecule has 2 rings (SSSR count). The smallest absolute Gasteiger partial charge is 0.232 e. The van der Waals surface area contributed by atoms with E-state index in [4.69, 9.17) is 13.9 Å². The number of nitrogens with one attached hydrogen (secondary N) is 1. The number of hydrogen-bond acceptors (Lipinski definition) is 6. The van der Waals surface area contributed by atoms with E-state index in [1.165, 1.54) is 0 Å². The van der Waals surface area contributed by atoms with E-state index < -0.39 is 17.1 Å². The summed E-state index contributed by atoms with van der Waals surface area (Å²) in [6.07, 6.45) is -0.498. The van der Waals surface area contributed by atoms with Crippen LogP contribution < -0.4 is 5.32 Å². The van der Waals surface area contributed by atoms with Crippen LogP contribution in [0.25, 0.3) is 11.5 Å². The van der Waals surface area contributed by atoms with Crippen molar-refractivity contribution in [3.63, 3.8) is 0 Å². The van der Waals surface area contributed by atoms with E-state index in [1.807, 2.05) is 45.0 Å². The van der Waals surface area contributed by atoms with Gasteiger partial charge in [-0.2, -0.15) is 0 Å². The lowest BCUT2D eigenvalue weighted by Crippen LogP contribution is -2.37. The minimum absolute atomic E-state index is 0.114. The summed E-state index contributed by atoms with van der Waals surface area (Å²) in [4.78, 5) is 16.5. The Morgan fingerprint density at radius 3 is 2.43 bits per heavy atom. The number of nitrogens with zero attached hydrogens (tertiary/aromatic N) is 1. The topological polar surface area (TPSA) is 90.7 Å². The van der Waals surface area contributed by atoms with E-state index in [0.29, 0.717) is 30.6 Å². The number of aryl methyl sites for hydroxylation is 2. The molecule has 1 atom stereocenters. The predicted molar refractivity (Wildman–Crippen MR) is 108 cm³/mol. The Kier molecular flexibility index (Phi) is 8.82. The first-order valence-electron chi connectivity index (χ1n) is 9.31. The van der Waals surface area contributed by atoms with E-state index in [1.54, 1.807) is 6.92 Å². The zero-order valence-electron chi connectivity index (χ0n) is 16.8. The molecule has 0 unspecified atom stereocenters. The maximum Gasteiger partial charge on any atom is 0.232 e. The number of aromatic nitrogens is 1. The Labute approximate surface area is 168 Å². The lowest BCUT2D eigenvalue weighted by molar-refractivity contribution is -0.139. The summed E-state index contributed by atoms with van der Waals surface area (Å²) < 4.78 is 28.8. The molecule has 0 saturated heterocycles. The maximum atomic E-state index is 12.4. The van der Waals surface area contributed by atoms with Gasteiger partial charge in [0, 0.05) is 29.6 Å². The number of oxazole rings is 1. The third kappa shape index (κ3) is 6.85. The number of amides is 1. The van der Waals surface area contributed by atoms with Crippen molar-refractivity contribution >= 4 is 16.7 Å². The van der Waals surface area contributed by atoms with Crippen LogP contribution in [0.1, 0.15) is 30.9 Å². The molecule has 7 nitrogen and oxygen atoms in total. The van der Waals surface area contributed by atoms with Gasteiger partial charge in [-0.3, -0.25) is 9.00 Å². The minimum atomic E-state index is -1.40. The highest BCUT2D eigenvalue weighted by Gasteiger charge is 2.17. The molecular formula is C20H28N2O5S. The molecule has 1 N–H and O–H groups in total. The molecule has 28 heavy (non-hydrogen) atoms. The van der Waals surface area contributed by atoms with Crippen LogP contribution in [0, 0.1) is 13.8 Å². The van der Waals surface area contributed by atoms with Crippen LogP contribution in [0.3, 0.4) is 0 Å². The molecule has 0 bridgehead atoms. The van der Waals surface area contributed by atoms with Gasteiger partial charge >= 0.3 is 0 Å². The molecule has 0 spiro atoms. The van der Waals surface area contributed by atoms with Crippen molar-refractivity contribution in [1.29, 1.82) is 0 Å². The molecule has 0 aliphatic carbocycles. The molecule has 0 fully saturated rings. The van der Waals surface area contributed by atoms with Crippen molar-refractivity contribution in [2.75, 3.05) is 25.5 Å². The molecule has 2 aromatic rings. The first kappa shape index (κ1) is 22.3. The minimum Gasteiger partial charge on any atom is -0.441 e. The standard InChI is InChI=1S/C20H28N2O5S/c1-5-25-19(26-6-2)11-21-18(23)13-28(24)12-17-15(4)27-20(22-17)16-9-7-14(3)8-10-16/h7-10,19H,5-6,11-13H2,1-4H3,(H,21,23)/t28-/m1/s1. The summed E-state index contributed by atoms with van der Waals surface area (Å²) in [6.45, 7) is 8.70. The number of ether oxygens (including phenoxy) is 2. The van der Waals surface area contributed by atoms with Gasteiger partial charge in [0.05, 0.1) is 18.0 Å². The molecule has 1 heterocycles. The molecule has 154 valence electrons. The Hall–Kier alpha value is -2.03. The van der Waals surface area contributed by atoms with Gasteiger partial charge in [0.1, 0.15) is 11.5 Å². The van der Waals surface area contributed by atoms with Crippen molar-refractivity contribution in [2.24, 2.45) is 0 Å². The third-order valence-corrected chi connectivity index (χ3v) is 5.13. The Balaban J connectivity index is 1.88. The summed E-state index contributed by atoms with van der Waals surface area (Å²) in [7, 11) is -1.40. The van der Waals surface area contributed by atoms with Gasteiger partial charge in [-0.15, -0.1) is 0 Å². The van der Waals surface area contributed by atoms with Gasteiger partial charge in [-0.25, -0.2) is 4.98 Å². The van der Waals surface area contributed by atoms with Crippen molar-refractivity contribution in [3.8, 4) is 11.5 Å². The SMILES string of the molecule is CCOC(CNC(=O)C[S@](=O)Cc1nc(-c2ccc(C)cc2)oc1C)OCC. The van der Waals surface area contributed by atoms with Gasteiger partial charge < -0.3 is 19.2 Å². The molecule has 1 amide bonds. The highest BCUT2D eigenvalue weighted by molar-refractivity contribution is 7.84. The average Bonchev–Trinajstić information content (AvgIpc) is 3.01. The Bertz CT molecular complexity index is 782. The first-order valence-corrected chi connectivity index (χ1v) is 10.8. The van der Waals surface area contributed by atoms with Crippen LogP contribution in [0.2, 0.25) is 0 Å². The zero-order valence-corrected chi connectivity index (χ0v) is 17.6. The van der Waals surface area contributed by atoms with Crippen LogP contribution in [0.4, 0.5) is 0 Å². The number of rotatable bonds is 11. The van der Waals surface area contributed by atoms with Crippen LogP contribution in [-0.4, -0.2) is 46.9 Å². The summed E-state index contributed by atoms with van der Waals surface area (Å²) >= 11 is 0. The molecule has 0 saturated carbocycles. The van der Waals surface area contributed by atoms with Crippen molar-refractivity contribution < 1.29 is 22.9 Å². The Morgan fingerprint density at radius 2 is 1.82 bits per heavy atom. The molecule has 0 radical (unpaired) electrons. The largest absolute Gasteiger partial charge is 0.441 e. The highest BCUT2D eigenvalue weighted by Crippen LogP contribution is 2.22. The second-order valence-corrected chi connectivity index (χ2v) is 7.72. The van der Waals surface area contributed by atoms with Crippen LogP contribution in [0.15, 0.2) is 28.7 Å². The fraction of sp³-hybridized carbons (Fsp3) is 0.500. The van der Waals surface area contributed by atoms with Crippen LogP contribution >= 0.6 is 0 Å². The molecule has 0 aliphatic rings. The first-order chi connectivity index (χ1) is 13.4. The zero-order chi connectivity index (χ0) is 20.5. The highest BCUT2D eigenvalue weighted by atomic mass is 32.2. The lowest BCUT2D eigenvalue weighted by Gasteiger charge is -2.17. The molecule has 1 aromatic carbocycles. The second kappa shape index (κ2) is 11.1. The predicted octanol–water partition coefficient (Wildman–Crippen LogP) is 2.72. The molecular weight excluding hydrogens is 380 g/mol.